The van der Waals surface area contributed by atoms with Crippen molar-refractivity contribution in [2.45, 2.75) is 58.0 Å². The zero-order chi connectivity index (χ0) is 12.5. The summed E-state index contributed by atoms with van der Waals surface area (Å²) in [4.78, 5) is 2.68. The zero-order valence-electron chi connectivity index (χ0n) is 11.9. The van der Waals surface area contributed by atoms with Crippen LogP contribution in [0.1, 0.15) is 46.0 Å². The van der Waals surface area contributed by atoms with E-state index in [1.54, 1.807) is 7.11 Å². The first-order valence-electron chi connectivity index (χ1n) is 7.21. The van der Waals surface area contributed by atoms with E-state index in [4.69, 9.17) is 4.74 Å². The minimum absolute atomic E-state index is 0.658. The molecule has 0 saturated carbocycles. The van der Waals surface area contributed by atoms with Crippen molar-refractivity contribution in [3.8, 4) is 0 Å². The summed E-state index contributed by atoms with van der Waals surface area (Å²) >= 11 is 0. The molecule has 0 aromatic heterocycles. The van der Waals surface area contributed by atoms with Crippen molar-refractivity contribution in [1.82, 2.24) is 10.2 Å². The van der Waals surface area contributed by atoms with Gasteiger partial charge in [-0.25, -0.2) is 0 Å². The highest BCUT2D eigenvalue weighted by atomic mass is 16.5. The van der Waals surface area contributed by atoms with Gasteiger partial charge in [-0.2, -0.15) is 0 Å². The fraction of sp³-hybridized carbons (Fsp3) is 1.00. The monoisotopic (exact) mass is 242 g/mol. The molecule has 1 fully saturated rings. The summed E-state index contributed by atoms with van der Waals surface area (Å²) in [7, 11) is 1.77. The Morgan fingerprint density at radius 3 is 2.94 bits per heavy atom. The van der Waals surface area contributed by atoms with Gasteiger partial charge in [0, 0.05) is 32.3 Å². The highest BCUT2D eigenvalue weighted by Crippen LogP contribution is 2.18. The predicted molar refractivity (Wildman–Crippen MR) is 73.5 cm³/mol. The first-order chi connectivity index (χ1) is 8.25. The van der Waals surface area contributed by atoms with Gasteiger partial charge in [-0.3, -0.25) is 4.90 Å². The molecule has 0 aromatic rings. The Morgan fingerprint density at radius 2 is 2.18 bits per heavy atom. The van der Waals surface area contributed by atoms with Gasteiger partial charge in [0.15, 0.2) is 0 Å². The largest absolute Gasteiger partial charge is 0.385 e. The van der Waals surface area contributed by atoms with Crippen molar-refractivity contribution in [3.05, 3.63) is 0 Å². The summed E-state index contributed by atoms with van der Waals surface area (Å²) < 4.78 is 5.05. The molecular weight excluding hydrogens is 212 g/mol. The van der Waals surface area contributed by atoms with Crippen molar-refractivity contribution >= 4 is 0 Å². The summed E-state index contributed by atoms with van der Waals surface area (Å²) in [6.45, 7) is 9.05. The van der Waals surface area contributed by atoms with Gasteiger partial charge in [0.1, 0.15) is 0 Å². The smallest absolute Gasteiger partial charge is 0.0474 e. The molecule has 17 heavy (non-hydrogen) atoms. The lowest BCUT2D eigenvalue weighted by Crippen LogP contribution is -2.45. The van der Waals surface area contributed by atoms with E-state index in [1.807, 2.05) is 0 Å². The van der Waals surface area contributed by atoms with Gasteiger partial charge in [0.2, 0.25) is 0 Å². The molecule has 2 unspecified atom stereocenters. The van der Waals surface area contributed by atoms with Crippen molar-refractivity contribution in [2.75, 3.05) is 33.4 Å². The average Bonchev–Trinajstić information content (AvgIpc) is 2.53. The summed E-state index contributed by atoms with van der Waals surface area (Å²) in [6.07, 6.45) is 6.67. The van der Waals surface area contributed by atoms with Gasteiger partial charge in [0.05, 0.1) is 0 Å². The van der Waals surface area contributed by atoms with Gasteiger partial charge in [0.25, 0.3) is 0 Å². The van der Waals surface area contributed by atoms with Gasteiger partial charge in [-0.1, -0.05) is 12.8 Å². The molecule has 1 aliphatic rings. The number of likely N-dealkylation sites (tertiary alicyclic amines) is 1. The van der Waals surface area contributed by atoms with Crippen molar-refractivity contribution < 1.29 is 4.74 Å². The molecular formula is C14H30N2O. The van der Waals surface area contributed by atoms with E-state index >= 15 is 0 Å². The third-order valence-corrected chi connectivity index (χ3v) is 3.81. The van der Waals surface area contributed by atoms with Crippen LogP contribution in [0, 0.1) is 0 Å². The normalized spacial score (nSPS) is 24.5. The molecule has 1 N–H and O–H groups in total. The minimum Gasteiger partial charge on any atom is -0.385 e. The highest BCUT2D eigenvalue weighted by molar-refractivity contribution is 4.77. The van der Waals surface area contributed by atoms with Crippen LogP contribution in [-0.4, -0.2) is 50.3 Å². The van der Waals surface area contributed by atoms with Gasteiger partial charge < -0.3 is 10.1 Å². The second kappa shape index (κ2) is 8.90. The molecule has 0 aromatic carbocycles. The highest BCUT2D eigenvalue weighted by Gasteiger charge is 2.21. The molecule has 0 aliphatic carbocycles. The van der Waals surface area contributed by atoms with Crippen molar-refractivity contribution in [3.63, 3.8) is 0 Å². The van der Waals surface area contributed by atoms with E-state index < -0.39 is 0 Å². The Morgan fingerprint density at radius 1 is 1.35 bits per heavy atom. The van der Waals surface area contributed by atoms with E-state index in [9.17, 15) is 0 Å². The second-order valence-electron chi connectivity index (χ2n) is 5.34. The molecule has 102 valence electrons. The van der Waals surface area contributed by atoms with Gasteiger partial charge in [-0.05, 0) is 46.2 Å². The number of methoxy groups -OCH3 is 1. The number of hydrogen-bond acceptors (Lipinski definition) is 3. The molecule has 3 nitrogen and oxygen atoms in total. The molecule has 0 spiro atoms. The van der Waals surface area contributed by atoms with Crippen LogP contribution >= 0.6 is 0 Å². The summed E-state index contributed by atoms with van der Waals surface area (Å²) in [6, 6.07) is 1.42. The van der Waals surface area contributed by atoms with E-state index in [0.717, 1.165) is 32.2 Å². The number of rotatable bonds is 7. The lowest BCUT2D eigenvalue weighted by atomic mass is 10.1. The first-order valence-corrected chi connectivity index (χ1v) is 7.21. The zero-order valence-corrected chi connectivity index (χ0v) is 11.9. The number of nitrogens with one attached hydrogen (secondary N) is 1. The Bertz CT molecular complexity index is 187. The van der Waals surface area contributed by atoms with Crippen LogP contribution in [0.5, 0.6) is 0 Å². The van der Waals surface area contributed by atoms with Crippen molar-refractivity contribution in [2.24, 2.45) is 0 Å². The van der Waals surface area contributed by atoms with Crippen LogP contribution in [0.2, 0.25) is 0 Å². The molecule has 0 bridgehead atoms. The molecule has 1 heterocycles. The van der Waals surface area contributed by atoms with E-state index in [2.05, 4.69) is 24.1 Å². The summed E-state index contributed by atoms with van der Waals surface area (Å²) in [5.41, 5.74) is 0. The maximum Gasteiger partial charge on any atom is 0.0474 e. The molecule has 1 rings (SSSR count). The number of nitrogens with zero attached hydrogens (tertiary/aromatic N) is 1. The van der Waals surface area contributed by atoms with E-state index in [0.29, 0.717) is 6.04 Å². The topological polar surface area (TPSA) is 24.5 Å². The maximum atomic E-state index is 5.05. The predicted octanol–water partition coefficient (Wildman–Crippen LogP) is 2.27. The Hall–Kier alpha value is -0.120. The van der Waals surface area contributed by atoms with Crippen molar-refractivity contribution in [1.29, 1.82) is 0 Å². The third kappa shape index (κ3) is 5.84. The lowest BCUT2D eigenvalue weighted by molar-refractivity contribution is 0.152. The fourth-order valence-electron chi connectivity index (χ4n) is 2.72. The van der Waals surface area contributed by atoms with Gasteiger partial charge in [-0.15, -0.1) is 0 Å². The van der Waals surface area contributed by atoms with Gasteiger partial charge >= 0.3 is 0 Å². The van der Waals surface area contributed by atoms with Crippen LogP contribution in [0.4, 0.5) is 0 Å². The summed E-state index contributed by atoms with van der Waals surface area (Å²) in [5.74, 6) is 0. The lowest BCUT2D eigenvalue weighted by Gasteiger charge is -2.33. The van der Waals surface area contributed by atoms with Crippen LogP contribution in [0.25, 0.3) is 0 Å². The molecule has 3 heteroatoms. The fourth-order valence-corrected chi connectivity index (χ4v) is 2.72. The average molecular weight is 242 g/mol. The molecule has 2 atom stereocenters. The Balaban J connectivity index is 2.18. The molecule has 0 radical (unpaired) electrons. The Labute approximate surface area is 107 Å². The van der Waals surface area contributed by atoms with Crippen LogP contribution in [-0.2, 0) is 4.74 Å². The molecule has 0 amide bonds. The van der Waals surface area contributed by atoms with Crippen LogP contribution in [0.3, 0.4) is 0 Å². The first kappa shape index (κ1) is 14.9. The SMILES string of the molecule is COCCCNCC(C)N1CCCCCC1C. The standard InChI is InChI=1S/C14H30N2O/c1-13-8-5-4-6-10-16(13)14(2)12-15-9-7-11-17-3/h13-15H,4-12H2,1-3H3. The second-order valence-corrected chi connectivity index (χ2v) is 5.34. The maximum absolute atomic E-state index is 5.05. The number of ether oxygens (including phenoxy) is 1. The molecule has 1 aliphatic heterocycles. The van der Waals surface area contributed by atoms with E-state index in [1.165, 1.54) is 32.2 Å². The summed E-state index contributed by atoms with van der Waals surface area (Å²) in [5, 5.41) is 3.54. The number of hydrogen-bond donors (Lipinski definition) is 1. The molecule has 1 saturated heterocycles. The van der Waals surface area contributed by atoms with E-state index in [-0.39, 0.29) is 0 Å². The minimum atomic E-state index is 0.658. The van der Waals surface area contributed by atoms with Crippen LogP contribution < -0.4 is 5.32 Å². The quantitative estimate of drug-likeness (QED) is 0.693. The third-order valence-electron chi connectivity index (χ3n) is 3.81. The van der Waals surface area contributed by atoms with Crippen LogP contribution in [0.15, 0.2) is 0 Å². The Kier molecular flexibility index (Phi) is 7.82.